The number of hydrogen-bond acceptors (Lipinski definition) is 4. The van der Waals surface area contributed by atoms with Crippen LogP contribution >= 0.6 is 0 Å². The van der Waals surface area contributed by atoms with E-state index >= 15 is 0 Å². The zero-order valence-corrected chi connectivity index (χ0v) is 17.4. The van der Waals surface area contributed by atoms with Crippen molar-refractivity contribution in [1.82, 2.24) is 20.1 Å². The van der Waals surface area contributed by atoms with Crippen molar-refractivity contribution in [3.63, 3.8) is 0 Å². The van der Waals surface area contributed by atoms with Crippen molar-refractivity contribution in [2.75, 3.05) is 26.2 Å². The van der Waals surface area contributed by atoms with Crippen LogP contribution in [-0.4, -0.2) is 58.8 Å². The standard InChI is InChI=1S/C23H34N4O2/c28-22(25-16-20-9-3-4-12-24-20)19-8-5-13-27(17-19)21-10-14-26(15-11-21)23(29)18-6-1-2-7-18/h3-4,9,12,18-19,21H,1-2,5-8,10-11,13-17H2,(H,25,28)/t19-/m0/s1. The first-order valence-corrected chi connectivity index (χ1v) is 11.4. The molecule has 0 unspecified atom stereocenters. The van der Waals surface area contributed by atoms with Crippen molar-refractivity contribution in [2.45, 2.75) is 64.0 Å². The summed E-state index contributed by atoms with van der Waals surface area (Å²) in [4.78, 5) is 34.2. The van der Waals surface area contributed by atoms with Gasteiger partial charge in [0.1, 0.15) is 0 Å². The SMILES string of the molecule is O=C(NCc1ccccn1)[C@H]1CCCN(C2CCN(C(=O)C3CCCC3)CC2)C1. The van der Waals surface area contributed by atoms with Crippen LogP contribution in [0.25, 0.3) is 0 Å². The first-order chi connectivity index (χ1) is 14.2. The molecule has 2 saturated heterocycles. The highest BCUT2D eigenvalue weighted by Gasteiger charge is 2.34. The number of nitrogens with zero attached hydrogens (tertiary/aromatic N) is 3. The van der Waals surface area contributed by atoms with Gasteiger partial charge >= 0.3 is 0 Å². The fourth-order valence-electron chi connectivity index (χ4n) is 5.26. The van der Waals surface area contributed by atoms with Crippen molar-refractivity contribution in [1.29, 1.82) is 0 Å². The molecule has 2 amide bonds. The molecule has 3 aliphatic rings. The van der Waals surface area contributed by atoms with Gasteiger partial charge in [0.25, 0.3) is 0 Å². The minimum absolute atomic E-state index is 0.0608. The lowest BCUT2D eigenvalue weighted by atomic mass is 9.93. The van der Waals surface area contributed by atoms with Crippen LogP contribution in [0.3, 0.4) is 0 Å². The number of likely N-dealkylation sites (tertiary alicyclic amines) is 2. The Morgan fingerprint density at radius 2 is 1.72 bits per heavy atom. The Labute approximate surface area is 174 Å². The molecule has 29 heavy (non-hydrogen) atoms. The molecule has 0 spiro atoms. The summed E-state index contributed by atoms with van der Waals surface area (Å²) in [6, 6.07) is 6.28. The maximum Gasteiger partial charge on any atom is 0.225 e. The van der Waals surface area contributed by atoms with E-state index < -0.39 is 0 Å². The van der Waals surface area contributed by atoms with Crippen LogP contribution in [0.4, 0.5) is 0 Å². The largest absolute Gasteiger partial charge is 0.350 e. The summed E-state index contributed by atoms with van der Waals surface area (Å²) in [6.07, 6.45) is 10.5. The van der Waals surface area contributed by atoms with E-state index in [2.05, 4.69) is 20.1 Å². The summed E-state index contributed by atoms with van der Waals surface area (Å²) in [5.74, 6) is 0.889. The minimum atomic E-state index is 0.0608. The number of amides is 2. The second kappa shape index (κ2) is 9.70. The van der Waals surface area contributed by atoms with Crippen LogP contribution in [0.5, 0.6) is 0 Å². The molecule has 1 aromatic rings. The van der Waals surface area contributed by atoms with Gasteiger partial charge in [0.05, 0.1) is 18.2 Å². The molecule has 0 radical (unpaired) electrons. The van der Waals surface area contributed by atoms with Crippen LogP contribution in [-0.2, 0) is 16.1 Å². The normalized spacial score (nSPS) is 24.6. The second-order valence-electron chi connectivity index (χ2n) is 8.91. The molecule has 1 saturated carbocycles. The van der Waals surface area contributed by atoms with Gasteiger partial charge in [-0.05, 0) is 57.2 Å². The Morgan fingerprint density at radius 3 is 2.45 bits per heavy atom. The van der Waals surface area contributed by atoms with Gasteiger partial charge in [0, 0.05) is 37.8 Å². The summed E-state index contributed by atoms with van der Waals surface area (Å²) in [6.45, 7) is 4.18. The molecule has 6 heteroatoms. The highest BCUT2D eigenvalue weighted by Crippen LogP contribution is 2.29. The second-order valence-corrected chi connectivity index (χ2v) is 8.91. The van der Waals surface area contributed by atoms with Gasteiger partial charge in [-0.2, -0.15) is 0 Å². The number of rotatable bonds is 5. The maximum absolute atomic E-state index is 12.7. The van der Waals surface area contributed by atoms with Gasteiger partial charge in [-0.3, -0.25) is 19.5 Å². The van der Waals surface area contributed by atoms with E-state index in [9.17, 15) is 9.59 Å². The number of carbonyl (C=O) groups is 2. The lowest BCUT2D eigenvalue weighted by Gasteiger charge is -2.42. The Hall–Kier alpha value is -1.95. The van der Waals surface area contributed by atoms with Gasteiger partial charge in [-0.1, -0.05) is 18.9 Å². The van der Waals surface area contributed by atoms with Crippen LogP contribution in [0.15, 0.2) is 24.4 Å². The minimum Gasteiger partial charge on any atom is -0.350 e. The molecule has 1 aliphatic carbocycles. The van der Waals surface area contributed by atoms with Crippen molar-refractivity contribution in [2.24, 2.45) is 11.8 Å². The number of carbonyl (C=O) groups excluding carboxylic acids is 2. The Balaban J connectivity index is 1.23. The Morgan fingerprint density at radius 1 is 0.966 bits per heavy atom. The highest BCUT2D eigenvalue weighted by molar-refractivity contribution is 5.79. The number of piperidine rings is 2. The molecule has 3 heterocycles. The van der Waals surface area contributed by atoms with E-state index in [1.54, 1.807) is 6.20 Å². The van der Waals surface area contributed by atoms with Gasteiger partial charge in [0.2, 0.25) is 11.8 Å². The van der Waals surface area contributed by atoms with Gasteiger partial charge in [-0.15, -0.1) is 0 Å². The zero-order valence-electron chi connectivity index (χ0n) is 17.4. The molecule has 4 rings (SSSR count). The summed E-state index contributed by atoms with van der Waals surface area (Å²) < 4.78 is 0. The molecule has 6 nitrogen and oxygen atoms in total. The smallest absolute Gasteiger partial charge is 0.225 e. The number of pyridine rings is 1. The predicted octanol–water partition coefficient (Wildman–Crippen LogP) is 2.59. The number of aromatic nitrogens is 1. The summed E-state index contributed by atoms with van der Waals surface area (Å²) in [5.41, 5.74) is 0.896. The van der Waals surface area contributed by atoms with Crippen molar-refractivity contribution in [3.05, 3.63) is 30.1 Å². The monoisotopic (exact) mass is 398 g/mol. The van der Waals surface area contributed by atoms with Crippen LogP contribution in [0.1, 0.15) is 57.1 Å². The predicted molar refractivity (Wildman–Crippen MR) is 112 cm³/mol. The van der Waals surface area contributed by atoms with Crippen LogP contribution in [0, 0.1) is 11.8 Å². The molecule has 1 atom stereocenters. The summed E-state index contributed by atoms with van der Waals surface area (Å²) in [7, 11) is 0. The van der Waals surface area contributed by atoms with Crippen molar-refractivity contribution < 1.29 is 9.59 Å². The van der Waals surface area contributed by atoms with Crippen LogP contribution in [0.2, 0.25) is 0 Å². The number of nitrogens with one attached hydrogen (secondary N) is 1. The molecule has 158 valence electrons. The van der Waals surface area contributed by atoms with Gasteiger partial charge in [0.15, 0.2) is 0 Å². The van der Waals surface area contributed by atoms with E-state index in [1.807, 2.05) is 18.2 Å². The first-order valence-electron chi connectivity index (χ1n) is 11.4. The van der Waals surface area contributed by atoms with E-state index in [1.165, 1.54) is 12.8 Å². The fourth-order valence-corrected chi connectivity index (χ4v) is 5.26. The fraction of sp³-hybridized carbons (Fsp3) is 0.696. The highest BCUT2D eigenvalue weighted by atomic mass is 16.2. The lowest BCUT2D eigenvalue weighted by molar-refractivity contribution is -0.137. The topological polar surface area (TPSA) is 65.5 Å². The average Bonchev–Trinajstić information content (AvgIpc) is 3.33. The lowest BCUT2D eigenvalue weighted by Crippen LogP contribution is -2.52. The van der Waals surface area contributed by atoms with Gasteiger partial charge in [-0.25, -0.2) is 0 Å². The Kier molecular flexibility index (Phi) is 6.80. The Bertz CT molecular complexity index is 681. The third-order valence-electron chi connectivity index (χ3n) is 6.99. The van der Waals surface area contributed by atoms with Crippen LogP contribution < -0.4 is 5.32 Å². The van der Waals surface area contributed by atoms with Crippen molar-refractivity contribution in [3.8, 4) is 0 Å². The molecular formula is C23H34N4O2. The maximum atomic E-state index is 12.7. The number of hydrogen-bond donors (Lipinski definition) is 1. The third kappa shape index (κ3) is 5.16. The molecule has 0 bridgehead atoms. The molecule has 2 aliphatic heterocycles. The molecule has 3 fully saturated rings. The summed E-state index contributed by atoms with van der Waals surface area (Å²) >= 11 is 0. The summed E-state index contributed by atoms with van der Waals surface area (Å²) in [5, 5.41) is 3.06. The molecule has 0 aromatic carbocycles. The van der Waals surface area contributed by atoms with Gasteiger partial charge < -0.3 is 10.2 Å². The quantitative estimate of drug-likeness (QED) is 0.828. The third-order valence-corrected chi connectivity index (χ3v) is 6.99. The molecular weight excluding hydrogens is 364 g/mol. The van der Waals surface area contributed by atoms with E-state index in [0.717, 1.165) is 70.4 Å². The van der Waals surface area contributed by atoms with E-state index in [4.69, 9.17) is 0 Å². The average molecular weight is 399 g/mol. The molecule has 1 N–H and O–H groups in total. The van der Waals surface area contributed by atoms with Crippen molar-refractivity contribution >= 4 is 11.8 Å². The zero-order chi connectivity index (χ0) is 20.1. The van der Waals surface area contributed by atoms with E-state index in [-0.39, 0.29) is 17.7 Å². The van der Waals surface area contributed by atoms with E-state index in [0.29, 0.717) is 18.5 Å². The molecule has 1 aromatic heterocycles. The first kappa shape index (κ1) is 20.3.